The lowest BCUT2D eigenvalue weighted by atomic mass is 10.2. The first-order valence-electron chi connectivity index (χ1n) is 4.04. The van der Waals surface area contributed by atoms with E-state index in [9.17, 15) is 8.42 Å². The minimum Gasteiger partial charge on any atom is -0.320 e. The van der Waals surface area contributed by atoms with E-state index in [-0.39, 0.29) is 5.25 Å². The van der Waals surface area contributed by atoms with Crippen LogP contribution in [0.2, 0.25) is 0 Å². The minimum absolute atomic E-state index is 0.225. The third-order valence-corrected chi connectivity index (χ3v) is 4.30. The van der Waals surface area contributed by atoms with Crippen LogP contribution in [0.5, 0.6) is 0 Å². The molecule has 0 radical (unpaired) electrons. The maximum atomic E-state index is 11.3. The van der Waals surface area contributed by atoms with E-state index in [1.807, 2.05) is 0 Å². The number of nitrogens with two attached hydrogens (primary N) is 1. The van der Waals surface area contributed by atoms with Crippen LogP contribution in [0.15, 0.2) is 0 Å². The molecule has 1 fully saturated rings. The van der Waals surface area contributed by atoms with Crippen LogP contribution in [0.4, 0.5) is 0 Å². The maximum absolute atomic E-state index is 11.3. The Bertz CT molecular complexity index is 297. The van der Waals surface area contributed by atoms with Crippen molar-refractivity contribution in [3.8, 4) is 11.8 Å². The number of hydrogen-bond acceptors (Lipinski definition) is 3. The van der Waals surface area contributed by atoms with Crippen molar-refractivity contribution in [1.29, 1.82) is 0 Å². The van der Waals surface area contributed by atoms with Gasteiger partial charge in [-0.3, -0.25) is 0 Å². The van der Waals surface area contributed by atoms with Crippen molar-refractivity contribution in [3.05, 3.63) is 0 Å². The summed E-state index contributed by atoms with van der Waals surface area (Å²) in [4.78, 5) is 0. The van der Waals surface area contributed by atoms with E-state index >= 15 is 0 Å². The Balaban J connectivity index is 2.53. The summed E-state index contributed by atoms with van der Waals surface area (Å²) in [5, 5.41) is -0.225. The second kappa shape index (κ2) is 3.92. The average molecular weight is 187 g/mol. The van der Waals surface area contributed by atoms with Gasteiger partial charge in [-0.1, -0.05) is 5.92 Å². The highest BCUT2D eigenvalue weighted by Gasteiger charge is 2.29. The lowest BCUT2D eigenvalue weighted by molar-refractivity contribution is 0.590. The Kier molecular flexibility index (Phi) is 3.12. The highest BCUT2D eigenvalue weighted by atomic mass is 32.2. The van der Waals surface area contributed by atoms with Gasteiger partial charge < -0.3 is 5.73 Å². The summed E-state index contributed by atoms with van der Waals surface area (Å²) in [5.41, 5.74) is 5.16. The molecule has 1 saturated heterocycles. The van der Waals surface area contributed by atoms with Gasteiger partial charge in [-0.05, 0) is 12.8 Å². The molecule has 0 aliphatic carbocycles. The Labute approximate surface area is 73.3 Å². The van der Waals surface area contributed by atoms with Crippen LogP contribution >= 0.6 is 0 Å². The van der Waals surface area contributed by atoms with Gasteiger partial charge in [0.15, 0.2) is 9.84 Å². The van der Waals surface area contributed by atoms with Crippen molar-refractivity contribution in [1.82, 2.24) is 0 Å². The molecule has 4 heteroatoms. The summed E-state index contributed by atoms with van der Waals surface area (Å²) in [6.07, 6.45) is 2.01. The van der Waals surface area contributed by atoms with Crippen LogP contribution in [-0.2, 0) is 9.84 Å². The number of sulfone groups is 1. The van der Waals surface area contributed by atoms with E-state index in [2.05, 4.69) is 11.8 Å². The average Bonchev–Trinajstić information content (AvgIpc) is 2.32. The van der Waals surface area contributed by atoms with Gasteiger partial charge in [0.1, 0.15) is 0 Å². The minimum atomic E-state index is -2.81. The second-order valence-corrected chi connectivity index (χ2v) is 5.29. The summed E-state index contributed by atoms with van der Waals surface area (Å²) in [7, 11) is -2.81. The molecule has 0 aromatic carbocycles. The fraction of sp³-hybridized carbons (Fsp3) is 0.750. The molecular formula is C8H13NO2S. The lowest BCUT2D eigenvalue weighted by Gasteiger charge is -2.02. The van der Waals surface area contributed by atoms with Crippen molar-refractivity contribution >= 4 is 9.84 Å². The van der Waals surface area contributed by atoms with Crippen molar-refractivity contribution in [2.45, 2.75) is 24.5 Å². The molecule has 1 unspecified atom stereocenters. The molecule has 3 nitrogen and oxygen atoms in total. The topological polar surface area (TPSA) is 60.2 Å². The van der Waals surface area contributed by atoms with Crippen molar-refractivity contribution < 1.29 is 8.42 Å². The van der Waals surface area contributed by atoms with Gasteiger partial charge >= 0.3 is 0 Å². The van der Waals surface area contributed by atoms with Crippen molar-refractivity contribution in [2.24, 2.45) is 5.73 Å². The highest BCUT2D eigenvalue weighted by molar-refractivity contribution is 7.92. The number of rotatable bonds is 1. The smallest absolute Gasteiger partial charge is 0.154 e. The van der Waals surface area contributed by atoms with Crippen LogP contribution in [0.3, 0.4) is 0 Å². The van der Waals surface area contributed by atoms with Crippen LogP contribution < -0.4 is 5.73 Å². The predicted octanol–water partition coefficient (Wildman–Crippen LogP) is -0.0842. The van der Waals surface area contributed by atoms with Gasteiger partial charge in [0.25, 0.3) is 0 Å². The summed E-state index contributed by atoms with van der Waals surface area (Å²) in [5.74, 6) is 5.79. The highest BCUT2D eigenvalue weighted by Crippen LogP contribution is 2.21. The zero-order valence-electron chi connectivity index (χ0n) is 6.91. The third-order valence-electron chi connectivity index (χ3n) is 2.02. The van der Waals surface area contributed by atoms with Gasteiger partial charge in [-0.25, -0.2) is 8.42 Å². The Morgan fingerprint density at radius 2 is 2.17 bits per heavy atom. The summed E-state index contributed by atoms with van der Waals surface area (Å²) in [6, 6.07) is 0. The molecule has 0 aromatic heterocycles. The van der Waals surface area contributed by atoms with Crippen LogP contribution in [0.1, 0.15) is 19.3 Å². The molecule has 68 valence electrons. The van der Waals surface area contributed by atoms with Gasteiger partial charge in [-0.2, -0.15) is 0 Å². The van der Waals surface area contributed by atoms with Gasteiger partial charge in [-0.15, -0.1) is 5.92 Å². The molecule has 0 saturated carbocycles. The molecule has 0 spiro atoms. The fourth-order valence-corrected chi connectivity index (χ4v) is 3.11. The molecule has 1 atom stereocenters. The first kappa shape index (κ1) is 9.56. The molecule has 0 amide bonds. The largest absolute Gasteiger partial charge is 0.320 e. The Morgan fingerprint density at radius 1 is 1.42 bits per heavy atom. The zero-order valence-corrected chi connectivity index (χ0v) is 7.73. The summed E-state index contributed by atoms with van der Waals surface area (Å²) < 4.78 is 22.5. The van der Waals surface area contributed by atoms with E-state index in [1.165, 1.54) is 0 Å². The van der Waals surface area contributed by atoms with Crippen LogP contribution in [0, 0.1) is 11.8 Å². The molecule has 2 N–H and O–H groups in total. The normalized spacial score (nSPS) is 26.2. The first-order chi connectivity index (χ1) is 5.67. The van der Waals surface area contributed by atoms with Crippen molar-refractivity contribution in [3.63, 3.8) is 0 Å². The molecule has 1 heterocycles. The van der Waals surface area contributed by atoms with E-state index in [1.54, 1.807) is 0 Å². The maximum Gasteiger partial charge on any atom is 0.154 e. The lowest BCUT2D eigenvalue weighted by Crippen LogP contribution is -2.14. The zero-order chi connectivity index (χ0) is 9.03. The Hall–Kier alpha value is -0.530. The fourth-order valence-electron chi connectivity index (χ4n) is 1.35. The van der Waals surface area contributed by atoms with Crippen LogP contribution in [0.25, 0.3) is 0 Å². The molecular weight excluding hydrogens is 174 g/mol. The molecule has 1 aliphatic heterocycles. The van der Waals surface area contributed by atoms with E-state index < -0.39 is 9.84 Å². The predicted molar refractivity (Wildman–Crippen MR) is 48.3 cm³/mol. The Morgan fingerprint density at radius 3 is 2.67 bits per heavy atom. The van der Waals surface area contributed by atoms with E-state index in [0.29, 0.717) is 18.7 Å². The molecule has 0 aromatic rings. The molecule has 12 heavy (non-hydrogen) atoms. The molecule has 1 rings (SSSR count). The first-order valence-corrected chi connectivity index (χ1v) is 5.75. The van der Waals surface area contributed by atoms with Gasteiger partial charge in [0, 0.05) is 6.42 Å². The van der Waals surface area contributed by atoms with Crippen molar-refractivity contribution in [2.75, 3.05) is 12.3 Å². The summed E-state index contributed by atoms with van der Waals surface area (Å²) >= 11 is 0. The number of hydrogen-bond donors (Lipinski definition) is 1. The monoisotopic (exact) mass is 187 g/mol. The molecule has 0 bridgehead atoms. The second-order valence-electron chi connectivity index (χ2n) is 2.89. The van der Waals surface area contributed by atoms with E-state index in [4.69, 9.17) is 5.73 Å². The SMILES string of the molecule is NCC#CCC1CCCS1(=O)=O. The standard InChI is InChI=1S/C8H13NO2S/c9-6-2-1-4-8-5-3-7-12(8,10)11/h8H,3-7,9H2. The van der Waals surface area contributed by atoms with E-state index in [0.717, 1.165) is 12.8 Å². The van der Waals surface area contributed by atoms with Crippen LogP contribution in [-0.4, -0.2) is 26.0 Å². The third kappa shape index (κ3) is 2.23. The van der Waals surface area contributed by atoms with Gasteiger partial charge in [0.05, 0.1) is 17.5 Å². The molecule has 1 aliphatic rings. The quantitative estimate of drug-likeness (QED) is 0.584. The summed E-state index contributed by atoms with van der Waals surface area (Å²) in [6.45, 7) is 0.312. The van der Waals surface area contributed by atoms with Gasteiger partial charge in [0.2, 0.25) is 0 Å².